The van der Waals surface area contributed by atoms with Gasteiger partial charge in [-0.05, 0) is 30.7 Å². The number of benzene rings is 1. The van der Waals surface area contributed by atoms with E-state index < -0.39 is 53.8 Å². The van der Waals surface area contributed by atoms with Gasteiger partial charge < -0.3 is 32.1 Å². The van der Waals surface area contributed by atoms with Crippen molar-refractivity contribution in [2.45, 2.75) is 70.1 Å². The summed E-state index contributed by atoms with van der Waals surface area (Å²) >= 11 is 0. The van der Waals surface area contributed by atoms with E-state index in [1.165, 1.54) is 4.90 Å². The molecule has 11 heteroatoms. The number of nitrogens with zero attached hydrogens (tertiary/aromatic N) is 1. The number of carboxylic acid groups (broad SMARTS) is 1. The van der Waals surface area contributed by atoms with Crippen LogP contribution in [0.3, 0.4) is 0 Å². The van der Waals surface area contributed by atoms with E-state index in [-0.39, 0.29) is 25.2 Å². The summed E-state index contributed by atoms with van der Waals surface area (Å²) in [7, 11) is 0. The quantitative estimate of drug-likeness (QED) is 0.262. The predicted octanol–water partition coefficient (Wildman–Crippen LogP) is -0.477. The number of hydrogen-bond donors (Lipinski definition) is 5. The van der Waals surface area contributed by atoms with Crippen LogP contribution in [-0.4, -0.2) is 70.3 Å². The van der Waals surface area contributed by atoms with E-state index in [1.807, 2.05) is 19.9 Å². The Hall–Kier alpha value is -3.47. The Kier molecular flexibility index (Phi) is 10.2. The maximum Gasteiger partial charge on any atom is 0.326 e. The molecule has 1 fully saturated rings. The van der Waals surface area contributed by atoms with Crippen molar-refractivity contribution in [3.8, 4) is 0 Å². The van der Waals surface area contributed by atoms with Crippen LogP contribution in [0.15, 0.2) is 30.3 Å². The normalized spacial score (nSPS) is 17.9. The molecular weight excluding hydrogens is 454 g/mol. The van der Waals surface area contributed by atoms with Crippen molar-refractivity contribution in [2.75, 3.05) is 6.54 Å². The highest BCUT2D eigenvalue weighted by Crippen LogP contribution is 2.19. The smallest absolute Gasteiger partial charge is 0.326 e. The van der Waals surface area contributed by atoms with Gasteiger partial charge in [0.25, 0.3) is 0 Å². The largest absolute Gasteiger partial charge is 0.480 e. The van der Waals surface area contributed by atoms with E-state index in [9.17, 15) is 29.1 Å². The second-order valence-corrected chi connectivity index (χ2v) is 9.25. The molecule has 0 spiro atoms. The average molecular weight is 490 g/mol. The summed E-state index contributed by atoms with van der Waals surface area (Å²) in [6.45, 7) is 4.04. The number of rotatable bonds is 12. The van der Waals surface area contributed by atoms with Gasteiger partial charge in [0.1, 0.15) is 18.1 Å². The molecule has 0 aromatic heterocycles. The lowest BCUT2D eigenvalue weighted by molar-refractivity contribution is -0.143. The topological polar surface area (TPSA) is 185 Å². The predicted molar refractivity (Wildman–Crippen MR) is 128 cm³/mol. The molecular formula is C24H35N5O6. The first-order valence-corrected chi connectivity index (χ1v) is 11.7. The van der Waals surface area contributed by atoms with Crippen molar-refractivity contribution in [1.82, 2.24) is 15.5 Å². The highest BCUT2D eigenvalue weighted by Gasteiger charge is 2.38. The first kappa shape index (κ1) is 27.8. The van der Waals surface area contributed by atoms with Gasteiger partial charge in [-0.15, -0.1) is 0 Å². The van der Waals surface area contributed by atoms with Crippen LogP contribution in [0.1, 0.15) is 45.1 Å². The molecule has 192 valence electrons. The summed E-state index contributed by atoms with van der Waals surface area (Å²) in [5.41, 5.74) is 11.7. The molecule has 1 saturated heterocycles. The number of aliphatic carboxylic acids is 1. The third kappa shape index (κ3) is 8.36. The lowest BCUT2D eigenvalue weighted by Gasteiger charge is -2.29. The number of likely N-dealkylation sites (tertiary alicyclic amines) is 1. The number of nitrogens with two attached hydrogens (primary N) is 2. The first-order chi connectivity index (χ1) is 16.5. The molecule has 4 unspecified atom stereocenters. The maximum absolute atomic E-state index is 13.1. The Balaban J connectivity index is 2.10. The van der Waals surface area contributed by atoms with Gasteiger partial charge in [-0.25, -0.2) is 4.79 Å². The average Bonchev–Trinajstić information content (AvgIpc) is 3.27. The third-order valence-corrected chi connectivity index (χ3v) is 5.81. The van der Waals surface area contributed by atoms with Gasteiger partial charge in [-0.1, -0.05) is 44.2 Å². The van der Waals surface area contributed by atoms with Crippen molar-refractivity contribution in [2.24, 2.45) is 17.4 Å². The molecule has 1 aromatic carbocycles. The number of carboxylic acids is 1. The zero-order chi connectivity index (χ0) is 26.1. The fourth-order valence-electron chi connectivity index (χ4n) is 4.11. The van der Waals surface area contributed by atoms with Crippen LogP contribution in [0.2, 0.25) is 0 Å². The van der Waals surface area contributed by atoms with Crippen LogP contribution in [0.5, 0.6) is 0 Å². The molecule has 0 radical (unpaired) electrons. The molecule has 2 rings (SSSR count). The lowest BCUT2D eigenvalue weighted by Crippen LogP contribution is -2.57. The summed E-state index contributed by atoms with van der Waals surface area (Å²) in [6.07, 6.45) is 0.971. The molecule has 1 aliphatic rings. The van der Waals surface area contributed by atoms with Gasteiger partial charge in [0, 0.05) is 13.0 Å². The van der Waals surface area contributed by atoms with Crippen molar-refractivity contribution >= 4 is 29.6 Å². The van der Waals surface area contributed by atoms with Crippen LogP contribution in [0.25, 0.3) is 0 Å². The van der Waals surface area contributed by atoms with E-state index in [4.69, 9.17) is 11.5 Å². The molecule has 0 aliphatic carbocycles. The molecule has 35 heavy (non-hydrogen) atoms. The summed E-state index contributed by atoms with van der Waals surface area (Å²) in [6, 6.07) is 4.75. The number of hydrogen-bond acceptors (Lipinski definition) is 6. The molecule has 1 aliphatic heterocycles. The molecule has 0 saturated carbocycles. The number of nitrogens with one attached hydrogen (secondary N) is 2. The highest BCUT2D eigenvalue weighted by molar-refractivity contribution is 5.95. The molecule has 11 nitrogen and oxygen atoms in total. The van der Waals surface area contributed by atoms with Crippen molar-refractivity contribution in [1.29, 1.82) is 0 Å². The van der Waals surface area contributed by atoms with Crippen LogP contribution in [0, 0.1) is 5.92 Å². The summed E-state index contributed by atoms with van der Waals surface area (Å²) in [5, 5.41) is 14.8. The van der Waals surface area contributed by atoms with E-state index >= 15 is 0 Å². The van der Waals surface area contributed by atoms with E-state index in [2.05, 4.69) is 10.6 Å². The van der Waals surface area contributed by atoms with Crippen molar-refractivity contribution < 1.29 is 29.1 Å². The summed E-state index contributed by atoms with van der Waals surface area (Å²) < 4.78 is 0. The van der Waals surface area contributed by atoms with Gasteiger partial charge in [-0.2, -0.15) is 0 Å². The van der Waals surface area contributed by atoms with Gasteiger partial charge in [0.2, 0.25) is 23.6 Å². The van der Waals surface area contributed by atoms with E-state index in [0.717, 1.165) is 5.56 Å². The number of amides is 4. The lowest BCUT2D eigenvalue weighted by atomic mass is 10.0. The molecule has 0 bridgehead atoms. The molecule has 1 aromatic rings. The van der Waals surface area contributed by atoms with Gasteiger partial charge in [0.05, 0.1) is 12.5 Å². The van der Waals surface area contributed by atoms with Gasteiger partial charge in [-0.3, -0.25) is 19.2 Å². The van der Waals surface area contributed by atoms with E-state index in [1.54, 1.807) is 24.3 Å². The second kappa shape index (κ2) is 12.8. The Labute approximate surface area is 204 Å². The fraction of sp³-hybridized carbons (Fsp3) is 0.542. The van der Waals surface area contributed by atoms with Crippen molar-refractivity contribution in [3.63, 3.8) is 0 Å². The second-order valence-electron chi connectivity index (χ2n) is 9.25. The number of primary amides is 1. The molecule has 4 atom stereocenters. The highest BCUT2D eigenvalue weighted by atomic mass is 16.4. The van der Waals surface area contributed by atoms with E-state index in [0.29, 0.717) is 19.4 Å². The minimum atomic E-state index is -1.19. The number of carbonyl (C=O) groups excluding carboxylic acids is 4. The van der Waals surface area contributed by atoms with Crippen molar-refractivity contribution in [3.05, 3.63) is 35.9 Å². The molecule has 7 N–H and O–H groups in total. The Morgan fingerprint density at radius 1 is 1.09 bits per heavy atom. The SMILES string of the molecule is CC(C)CC(NC(=O)C1CCCN1C(=O)C(N)CC(N)=O)C(=O)NC(Cc1ccccc1)C(=O)O. The minimum absolute atomic E-state index is 0.0220. The Morgan fingerprint density at radius 3 is 2.31 bits per heavy atom. The Bertz CT molecular complexity index is 922. The van der Waals surface area contributed by atoms with Crippen LogP contribution in [-0.2, 0) is 30.4 Å². The fourth-order valence-corrected chi connectivity index (χ4v) is 4.11. The summed E-state index contributed by atoms with van der Waals surface area (Å²) in [5.74, 6) is -3.58. The first-order valence-electron chi connectivity index (χ1n) is 11.7. The van der Waals surface area contributed by atoms with Crippen LogP contribution < -0.4 is 22.1 Å². The van der Waals surface area contributed by atoms with Crippen LogP contribution >= 0.6 is 0 Å². The molecule has 1 heterocycles. The zero-order valence-corrected chi connectivity index (χ0v) is 20.1. The molecule has 4 amide bonds. The van der Waals surface area contributed by atoms with Crippen LogP contribution in [0.4, 0.5) is 0 Å². The zero-order valence-electron chi connectivity index (χ0n) is 20.1. The summed E-state index contributed by atoms with van der Waals surface area (Å²) in [4.78, 5) is 63.0. The standard InChI is InChI=1S/C24H35N5O6/c1-14(2)11-17(21(31)28-18(24(34)35)12-15-7-4-3-5-8-15)27-22(32)19-9-6-10-29(19)23(33)16(25)13-20(26)30/h3-5,7-8,14,16-19H,6,9-13,25H2,1-2H3,(H2,26,30)(H,27,32)(H,28,31)(H,34,35). The Morgan fingerprint density at radius 2 is 1.74 bits per heavy atom. The maximum atomic E-state index is 13.1. The minimum Gasteiger partial charge on any atom is -0.480 e. The monoisotopic (exact) mass is 489 g/mol. The van der Waals surface area contributed by atoms with Gasteiger partial charge in [0.15, 0.2) is 0 Å². The third-order valence-electron chi connectivity index (χ3n) is 5.81. The van der Waals surface area contributed by atoms with Gasteiger partial charge >= 0.3 is 5.97 Å². The number of carbonyl (C=O) groups is 5.